The molecule has 1 unspecified atom stereocenters. The molecule has 0 radical (unpaired) electrons. The van der Waals surface area contributed by atoms with E-state index in [2.05, 4.69) is 69.4 Å². The van der Waals surface area contributed by atoms with Crippen LogP contribution in [-0.4, -0.2) is 37.9 Å². The summed E-state index contributed by atoms with van der Waals surface area (Å²) in [5.41, 5.74) is 0. The van der Waals surface area contributed by atoms with Crippen molar-refractivity contribution in [2.45, 2.75) is 271 Å². The van der Waals surface area contributed by atoms with E-state index in [0.29, 0.717) is 19.4 Å². The Kier molecular flexibility index (Phi) is 49.4. The van der Waals surface area contributed by atoms with Crippen molar-refractivity contribution >= 4 is 11.9 Å². The molecule has 350 valence electrons. The summed E-state index contributed by atoms with van der Waals surface area (Å²) in [6, 6.07) is 0. The molecule has 0 saturated carbocycles. The van der Waals surface area contributed by atoms with Crippen LogP contribution < -0.4 is 0 Å². The Balaban J connectivity index is 4.01. The summed E-state index contributed by atoms with van der Waals surface area (Å²) in [5.74, 6) is -0.410. The number of carbonyl (C=O) groups is 2. The number of hydrogen-bond acceptors (Lipinski definition) is 5. The lowest BCUT2D eigenvalue weighted by Crippen LogP contribution is -2.30. The Labute approximate surface area is 373 Å². The average molecular weight is 841 g/mol. The quantitative estimate of drug-likeness (QED) is 0.0347. The van der Waals surface area contributed by atoms with E-state index in [1.54, 1.807) is 0 Å². The third-order valence-electron chi connectivity index (χ3n) is 11.3. The van der Waals surface area contributed by atoms with Gasteiger partial charge < -0.3 is 14.2 Å². The molecule has 0 amide bonds. The minimum atomic E-state index is -0.537. The third-order valence-corrected chi connectivity index (χ3v) is 11.3. The zero-order chi connectivity index (χ0) is 43.5. The number of unbranched alkanes of at least 4 members (excludes halogenated alkanes) is 29. The van der Waals surface area contributed by atoms with Gasteiger partial charge in [-0.15, -0.1) is 0 Å². The monoisotopic (exact) mass is 841 g/mol. The lowest BCUT2D eigenvalue weighted by atomic mass is 10.1. The molecule has 0 bridgehead atoms. The molecular weight excluding hydrogens is 741 g/mol. The number of carbonyl (C=O) groups excluding carboxylic acids is 2. The van der Waals surface area contributed by atoms with E-state index in [9.17, 15) is 9.59 Å². The second-order valence-corrected chi connectivity index (χ2v) is 17.4. The van der Waals surface area contributed by atoms with Gasteiger partial charge in [-0.2, -0.15) is 0 Å². The fourth-order valence-electron chi connectivity index (χ4n) is 7.39. The van der Waals surface area contributed by atoms with Gasteiger partial charge >= 0.3 is 11.9 Å². The van der Waals surface area contributed by atoms with Crippen molar-refractivity contribution in [2.24, 2.45) is 0 Å². The minimum Gasteiger partial charge on any atom is -0.462 e. The summed E-state index contributed by atoms with van der Waals surface area (Å²) in [6.45, 7) is 7.73. The van der Waals surface area contributed by atoms with Gasteiger partial charge in [0.15, 0.2) is 6.10 Å². The van der Waals surface area contributed by atoms with Crippen molar-refractivity contribution < 1.29 is 23.8 Å². The highest BCUT2D eigenvalue weighted by Crippen LogP contribution is 2.14. The first kappa shape index (κ1) is 57.9. The number of rotatable bonds is 48. The molecule has 0 aromatic heterocycles. The maximum atomic E-state index is 12.6. The SMILES string of the molecule is CCCCC/C=C\C/C=C\C/C=C\CCCCCCCCCOCC(COC(=O)CCCCCCCCCCC/C=C\CCCCCCCC)OC(=O)CCCCCCC. The lowest BCUT2D eigenvalue weighted by Gasteiger charge is -2.18. The van der Waals surface area contributed by atoms with E-state index in [1.807, 2.05) is 0 Å². The molecule has 0 saturated heterocycles. The molecule has 0 rings (SSSR count). The van der Waals surface area contributed by atoms with Crippen molar-refractivity contribution in [2.75, 3.05) is 19.8 Å². The second kappa shape index (κ2) is 51.2. The highest BCUT2D eigenvalue weighted by molar-refractivity contribution is 5.70. The Morgan fingerprint density at radius 2 is 0.700 bits per heavy atom. The average Bonchev–Trinajstić information content (AvgIpc) is 3.25. The molecule has 5 nitrogen and oxygen atoms in total. The van der Waals surface area contributed by atoms with Gasteiger partial charge in [-0.05, 0) is 83.5 Å². The van der Waals surface area contributed by atoms with Gasteiger partial charge in [0.1, 0.15) is 6.61 Å². The van der Waals surface area contributed by atoms with E-state index < -0.39 is 6.10 Å². The van der Waals surface area contributed by atoms with Crippen LogP contribution in [0.5, 0.6) is 0 Å². The molecule has 5 heteroatoms. The molecule has 0 heterocycles. The number of hydrogen-bond donors (Lipinski definition) is 0. The summed E-state index contributed by atoms with van der Waals surface area (Å²) >= 11 is 0. The van der Waals surface area contributed by atoms with E-state index in [1.165, 1.54) is 173 Å². The largest absolute Gasteiger partial charge is 0.462 e. The first-order valence-electron chi connectivity index (χ1n) is 26.2. The van der Waals surface area contributed by atoms with E-state index >= 15 is 0 Å². The van der Waals surface area contributed by atoms with Gasteiger partial charge in [0.2, 0.25) is 0 Å². The van der Waals surface area contributed by atoms with Crippen molar-refractivity contribution in [1.29, 1.82) is 0 Å². The van der Waals surface area contributed by atoms with Gasteiger partial charge in [-0.3, -0.25) is 9.59 Å². The van der Waals surface area contributed by atoms with Gasteiger partial charge in [-0.1, -0.05) is 217 Å². The lowest BCUT2D eigenvalue weighted by molar-refractivity contribution is -0.163. The van der Waals surface area contributed by atoms with Crippen LogP contribution in [0.25, 0.3) is 0 Å². The van der Waals surface area contributed by atoms with Crippen molar-refractivity contribution in [3.05, 3.63) is 48.6 Å². The molecule has 0 aliphatic carbocycles. The highest BCUT2D eigenvalue weighted by Gasteiger charge is 2.17. The van der Waals surface area contributed by atoms with Crippen LogP contribution in [0, 0.1) is 0 Å². The molecule has 1 atom stereocenters. The molecule has 0 aromatic carbocycles. The Morgan fingerprint density at radius 1 is 0.367 bits per heavy atom. The first-order valence-corrected chi connectivity index (χ1v) is 26.2. The molecule has 0 fully saturated rings. The Morgan fingerprint density at radius 3 is 1.17 bits per heavy atom. The summed E-state index contributed by atoms with van der Waals surface area (Å²) in [5, 5.41) is 0. The zero-order valence-electron chi connectivity index (χ0n) is 40.2. The minimum absolute atomic E-state index is 0.0814. The van der Waals surface area contributed by atoms with Crippen LogP contribution in [0.2, 0.25) is 0 Å². The number of esters is 2. The van der Waals surface area contributed by atoms with E-state index in [4.69, 9.17) is 14.2 Å². The standard InChI is InChI=1S/C55H100O5/c1-4-7-10-13-15-17-19-21-23-25-27-29-31-33-35-37-39-41-44-47-50-58-51-53(60-55(57)49-46-42-12-9-6-3)52-59-54(56)48-45-43-40-38-36-34-32-30-28-26-24-22-20-18-16-14-11-8-5-2/h15,17,21-24,27,29,53H,4-14,16,18-20,25-26,28,30-52H2,1-3H3/b17-15-,23-21-,24-22-,29-27-. The van der Waals surface area contributed by atoms with Crippen molar-refractivity contribution in [1.82, 2.24) is 0 Å². The molecule has 60 heavy (non-hydrogen) atoms. The van der Waals surface area contributed by atoms with Crippen LogP contribution in [0.1, 0.15) is 265 Å². The molecule has 0 aliphatic rings. The maximum absolute atomic E-state index is 12.6. The smallest absolute Gasteiger partial charge is 0.306 e. The van der Waals surface area contributed by atoms with Crippen LogP contribution >= 0.6 is 0 Å². The predicted octanol–water partition coefficient (Wildman–Crippen LogP) is 17.6. The summed E-state index contributed by atoms with van der Waals surface area (Å²) in [7, 11) is 0. The van der Waals surface area contributed by atoms with Crippen LogP contribution in [-0.2, 0) is 23.8 Å². The van der Waals surface area contributed by atoms with Gasteiger partial charge in [-0.25, -0.2) is 0 Å². The first-order chi connectivity index (χ1) is 29.6. The molecule has 0 aliphatic heterocycles. The second-order valence-electron chi connectivity index (χ2n) is 17.4. The van der Waals surface area contributed by atoms with E-state index in [0.717, 1.165) is 57.8 Å². The number of allylic oxidation sites excluding steroid dienone is 8. The summed E-state index contributed by atoms with van der Waals surface area (Å²) in [6.07, 6.45) is 62.9. The fourth-order valence-corrected chi connectivity index (χ4v) is 7.39. The van der Waals surface area contributed by atoms with Gasteiger partial charge in [0.05, 0.1) is 6.61 Å². The van der Waals surface area contributed by atoms with Gasteiger partial charge in [0, 0.05) is 19.4 Å². The molecule has 0 N–H and O–H groups in total. The van der Waals surface area contributed by atoms with Crippen LogP contribution in [0.15, 0.2) is 48.6 Å². The summed E-state index contributed by atoms with van der Waals surface area (Å²) < 4.78 is 17.3. The topological polar surface area (TPSA) is 61.8 Å². The van der Waals surface area contributed by atoms with Crippen LogP contribution in [0.3, 0.4) is 0 Å². The maximum Gasteiger partial charge on any atom is 0.306 e. The Bertz CT molecular complexity index is 997. The number of ether oxygens (including phenoxy) is 3. The summed E-state index contributed by atoms with van der Waals surface area (Å²) in [4.78, 5) is 25.1. The van der Waals surface area contributed by atoms with Gasteiger partial charge in [0.25, 0.3) is 0 Å². The van der Waals surface area contributed by atoms with Crippen molar-refractivity contribution in [3.8, 4) is 0 Å². The van der Waals surface area contributed by atoms with E-state index in [-0.39, 0.29) is 25.2 Å². The zero-order valence-corrected chi connectivity index (χ0v) is 40.2. The molecule has 0 spiro atoms. The molecule has 0 aromatic rings. The Hall–Kier alpha value is -2.14. The highest BCUT2D eigenvalue weighted by atomic mass is 16.6. The third kappa shape index (κ3) is 48.5. The molecular formula is C55H100O5. The van der Waals surface area contributed by atoms with Crippen LogP contribution in [0.4, 0.5) is 0 Å². The predicted molar refractivity (Wildman–Crippen MR) is 261 cm³/mol. The fraction of sp³-hybridized carbons (Fsp3) is 0.818. The normalized spacial score (nSPS) is 12.5. The van der Waals surface area contributed by atoms with Crippen molar-refractivity contribution in [3.63, 3.8) is 0 Å².